The zero-order chi connectivity index (χ0) is 13.0. The smallest absolute Gasteiger partial charge is 0.220 e. The molecule has 0 heterocycles. The van der Waals surface area contributed by atoms with E-state index in [1.165, 1.54) is 6.07 Å². The van der Waals surface area contributed by atoms with Crippen molar-refractivity contribution in [3.63, 3.8) is 0 Å². The fraction of sp³-hybridized carbons (Fsp3) is 0.273. The minimum Gasteiger partial charge on any atom is -0.390 e. The predicted octanol–water partition coefficient (Wildman–Crippen LogP) is -0.0329. The van der Waals surface area contributed by atoms with Crippen molar-refractivity contribution in [2.75, 3.05) is 0 Å². The third kappa shape index (κ3) is 3.24. The van der Waals surface area contributed by atoms with Crippen LogP contribution in [0.5, 0.6) is 0 Å². The number of hydrogen-bond acceptors (Lipinski definition) is 4. The molecule has 1 rings (SSSR count). The van der Waals surface area contributed by atoms with Crippen LogP contribution in [0.2, 0.25) is 0 Å². The van der Waals surface area contributed by atoms with Crippen molar-refractivity contribution in [2.24, 2.45) is 5.73 Å². The average molecular weight is 238 g/mol. The second kappa shape index (κ2) is 5.39. The largest absolute Gasteiger partial charge is 0.390 e. The molecule has 0 saturated carbocycles. The van der Waals surface area contributed by atoms with E-state index in [0.29, 0.717) is 0 Å². The molecule has 17 heavy (non-hydrogen) atoms. The van der Waals surface area contributed by atoms with Crippen LogP contribution in [0.25, 0.3) is 0 Å². The van der Waals surface area contributed by atoms with Gasteiger partial charge in [-0.3, -0.25) is 4.79 Å². The summed E-state index contributed by atoms with van der Waals surface area (Å²) in [5.41, 5.74) is 4.82. The summed E-state index contributed by atoms with van der Waals surface area (Å²) >= 11 is 0. The Kier molecular flexibility index (Phi) is 4.15. The topological polar surface area (TPSA) is 107 Å². The normalized spacial score (nSPS) is 13.8. The lowest BCUT2D eigenvalue weighted by Crippen LogP contribution is -2.26. The SMILES string of the molecule is N#Cc1ccc(F)cc1C(O)C(O)CC(N)=O. The van der Waals surface area contributed by atoms with Gasteiger partial charge in [0.1, 0.15) is 11.9 Å². The summed E-state index contributed by atoms with van der Waals surface area (Å²) in [6, 6.07) is 4.95. The minimum absolute atomic E-state index is 0.0300. The molecule has 1 aromatic carbocycles. The first kappa shape index (κ1) is 13.1. The van der Waals surface area contributed by atoms with Crippen molar-refractivity contribution < 1.29 is 19.4 Å². The molecular formula is C11H11FN2O3. The van der Waals surface area contributed by atoms with E-state index in [1.807, 2.05) is 0 Å². The third-order valence-electron chi connectivity index (χ3n) is 2.23. The zero-order valence-corrected chi connectivity index (χ0v) is 8.80. The van der Waals surface area contributed by atoms with Gasteiger partial charge >= 0.3 is 0 Å². The number of nitrogens with zero attached hydrogens (tertiary/aromatic N) is 1. The number of rotatable bonds is 4. The molecule has 0 aliphatic heterocycles. The quantitative estimate of drug-likeness (QED) is 0.684. The Balaban J connectivity index is 3.02. The number of aliphatic hydroxyl groups excluding tert-OH is 2. The van der Waals surface area contributed by atoms with Crippen molar-refractivity contribution in [3.8, 4) is 6.07 Å². The summed E-state index contributed by atoms with van der Waals surface area (Å²) in [7, 11) is 0. The van der Waals surface area contributed by atoms with Gasteiger partial charge in [-0.1, -0.05) is 0 Å². The maximum Gasteiger partial charge on any atom is 0.220 e. The van der Waals surface area contributed by atoms with E-state index < -0.39 is 30.4 Å². The summed E-state index contributed by atoms with van der Waals surface area (Å²) in [6.07, 6.45) is -3.48. The van der Waals surface area contributed by atoms with Crippen molar-refractivity contribution in [1.29, 1.82) is 5.26 Å². The van der Waals surface area contributed by atoms with Crippen LogP contribution in [0.4, 0.5) is 4.39 Å². The molecule has 90 valence electrons. The lowest BCUT2D eigenvalue weighted by atomic mass is 9.97. The Labute approximate surface area is 96.9 Å². The van der Waals surface area contributed by atoms with Gasteiger partial charge in [-0.25, -0.2) is 4.39 Å². The second-order valence-corrected chi connectivity index (χ2v) is 3.53. The van der Waals surface area contributed by atoms with E-state index in [9.17, 15) is 19.4 Å². The van der Waals surface area contributed by atoms with Crippen LogP contribution in [0, 0.1) is 17.1 Å². The van der Waals surface area contributed by atoms with Gasteiger partial charge in [-0.2, -0.15) is 5.26 Å². The second-order valence-electron chi connectivity index (χ2n) is 3.53. The van der Waals surface area contributed by atoms with Crippen LogP contribution >= 0.6 is 0 Å². The van der Waals surface area contributed by atoms with E-state index in [4.69, 9.17) is 11.0 Å². The lowest BCUT2D eigenvalue weighted by Gasteiger charge is -2.17. The van der Waals surface area contributed by atoms with E-state index >= 15 is 0 Å². The lowest BCUT2D eigenvalue weighted by molar-refractivity contribution is -0.121. The Bertz CT molecular complexity index is 470. The molecule has 0 saturated heterocycles. The van der Waals surface area contributed by atoms with E-state index in [0.717, 1.165) is 12.1 Å². The number of carbonyl (C=O) groups is 1. The Morgan fingerprint density at radius 2 is 2.18 bits per heavy atom. The highest BCUT2D eigenvalue weighted by atomic mass is 19.1. The first-order chi connectivity index (χ1) is 7.95. The highest BCUT2D eigenvalue weighted by Crippen LogP contribution is 2.23. The number of halogens is 1. The maximum atomic E-state index is 13.0. The number of nitrogens with two attached hydrogens (primary N) is 1. The van der Waals surface area contributed by atoms with Gasteiger partial charge < -0.3 is 15.9 Å². The predicted molar refractivity (Wildman–Crippen MR) is 55.9 cm³/mol. The molecule has 6 heteroatoms. The fourth-order valence-corrected chi connectivity index (χ4v) is 1.41. The van der Waals surface area contributed by atoms with E-state index in [-0.39, 0.29) is 11.1 Å². The summed E-state index contributed by atoms with van der Waals surface area (Å²) in [5, 5.41) is 27.9. The molecule has 0 aromatic heterocycles. The Morgan fingerprint density at radius 1 is 1.53 bits per heavy atom. The highest BCUT2D eigenvalue weighted by molar-refractivity contribution is 5.74. The van der Waals surface area contributed by atoms with Crippen LogP contribution < -0.4 is 5.73 Å². The minimum atomic E-state index is -1.53. The zero-order valence-electron chi connectivity index (χ0n) is 8.80. The number of aliphatic hydroxyl groups is 2. The molecule has 0 aliphatic carbocycles. The van der Waals surface area contributed by atoms with Crippen molar-refractivity contribution in [3.05, 3.63) is 35.1 Å². The number of primary amides is 1. The fourth-order valence-electron chi connectivity index (χ4n) is 1.41. The van der Waals surface area contributed by atoms with Gasteiger partial charge in [0.15, 0.2) is 0 Å². The summed E-state index contributed by atoms with van der Waals surface area (Å²) in [5.74, 6) is -1.45. The van der Waals surface area contributed by atoms with Gasteiger partial charge in [-0.05, 0) is 18.2 Å². The molecule has 0 spiro atoms. The van der Waals surface area contributed by atoms with Crippen LogP contribution in [0.15, 0.2) is 18.2 Å². The van der Waals surface area contributed by atoms with Crippen molar-refractivity contribution in [2.45, 2.75) is 18.6 Å². The number of benzene rings is 1. The molecule has 1 amide bonds. The first-order valence-electron chi connectivity index (χ1n) is 4.79. The molecule has 0 radical (unpaired) electrons. The number of amides is 1. The monoisotopic (exact) mass is 238 g/mol. The first-order valence-corrected chi connectivity index (χ1v) is 4.79. The number of nitriles is 1. The van der Waals surface area contributed by atoms with Crippen molar-refractivity contribution >= 4 is 5.91 Å². The number of hydrogen-bond donors (Lipinski definition) is 3. The van der Waals surface area contributed by atoms with E-state index in [1.54, 1.807) is 6.07 Å². The molecule has 0 bridgehead atoms. The highest BCUT2D eigenvalue weighted by Gasteiger charge is 2.23. The molecule has 1 aromatic rings. The van der Waals surface area contributed by atoms with Crippen LogP contribution in [-0.2, 0) is 4.79 Å². The molecule has 5 nitrogen and oxygen atoms in total. The molecule has 2 unspecified atom stereocenters. The average Bonchev–Trinajstić information content (AvgIpc) is 2.27. The van der Waals surface area contributed by atoms with Crippen LogP contribution in [0.1, 0.15) is 23.7 Å². The molecule has 4 N–H and O–H groups in total. The molecule has 2 atom stereocenters. The van der Waals surface area contributed by atoms with Crippen LogP contribution in [0.3, 0.4) is 0 Å². The maximum absolute atomic E-state index is 13.0. The number of carbonyl (C=O) groups excluding carboxylic acids is 1. The van der Waals surface area contributed by atoms with Gasteiger partial charge in [0.05, 0.1) is 24.2 Å². The standard InChI is InChI=1S/C11H11FN2O3/c12-7-2-1-6(5-13)8(3-7)11(17)9(15)4-10(14)16/h1-3,9,11,15,17H,4H2,(H2,14,16). The molecular weight excluding hydrogens is 227 g/mol. The van der Waals surface area contributed by atoms with Gasteiger partial charge in [0.2, 0.25) is 5.91 Å². The Hall–Kier alpha value is -1.97. The molecule has 0 fully saturated rings. The van der Waals surface area contributed by atoms with Crippen molar-refractivity contribution in [1.82, 2.24) is 0 Å². The molecule has 0 aliphatic rings. The third-order valence-corrected chi connectivity index (χ3v) is 2.23. The summed E-state index contributed by atoms with van der Waals surface area (Å²) in [6.45, 7) is 0. The van der Waals surface area contributed by atoms with Crippen LogP contribution in [-0.4, -0.2) is 22.2 Å². The Morgan fingerprint density at radius 3 is 2.71 bits per heavy atom. The van der Waals surface area contributed by atoms with E-state index in [2.05, 4.69) is 0 Å². The van der Waals surface area contributed by atoms with Gasteiger partial charge in [-0.15, -0.1) is 0 Å². The van der Waals surface area contributed by atoms with Gasteiger partial charge in [0.25, 0.3) is 0 Å². The summed E-state index contributed by atoms with van der Waals surface area (Å²) < 4.78 is 13.0. The summed E-state index contributed by atoms with van der Waals surface area (Å²) in [4.78, 5) is 10.6. The van der Waals surface area contributed by atoms with Gasteiger partial charge in [0, 0.05) is 5.56 Å².